The van der Waals surface area contributed by atoms with Crippen LogP contribution in [-0.4, -0.2) is 37.2 Å². The van der Waals surface area contributed by atoms with E-state index in [1.165, 1.54) is 0 Å². The molecular formula is C24H25N5O3. The van der Waals surface area contributed by atoms with Crippen molar-refractivity contribution in [1.82, 2.24) is 19.4 Å². The molecule has 1 aliphatic carbocycles. The van der Waals surface area contributed by atoms with E-state index in [0.29, 0.717) is 11.0 Å². The van der Waals surface area contributed by atoms with Gasteiger partial charge in [0.15, 0.2) is 0 Å². The highest BCUT2D eigenvalue weighted by Gasteiger charge is 2.51. The average molecular weight is 431 g/mol. The van der Waals surface area contributed by atoms with E-state index in [9.17, 15) is 9.59 Å². The highest BCUT2D eigenvalue weighted by atomic mass is 16.6. The number of cyclic esters (lactones) is 1. The summed E-state index contributed by atoms with van der Waals surface area (Å²) < 4.78 is 7.53. The number of H-pyrrole nitrogens is 1. The molecule has 2 fully saturated rings. The highest BCUT2D eigenvalue weighted by Crippen LogP contribution is 2.45. The van der Waals surface area contributed by atoms with Crippen molar-refractivity contribution in [3.05, 3.63) is 70.1 Å². The van der Waals surface area contributed by atoms with Crippen molar-refractivity contribution in [1.29, 1.82) is 0 Å². The van der Waals surface area contributed by atoms with Crippen molar-refractivity contribution >= 4 is 22.9 Å². The van der Waals surface area contributed by atoms with Crippen molar-refractivity contribution in [3.8, 4) is 0 Å². The molecule has 1 aliphatic heterocycles. The maximum Gasteiger partial charge on any atom is 0.411 e. The van der Waals surface area contributed by atoms with Crippen LogP contribution in [0, 0.1) is 6.57 Å². The fraction of sp³-hybridized carbons (Fsp3) is 0.417. The molecule has 2 aliphatic rings. The van der Waals surface area contributed by atoms with Crippen LogP contribution in [0.25, 0.3) is 15.9 Å². The summed E-state index contributed by atoms with van der Waals surface area (Å²) in [7, 11) is 0. The van der Waals surface area contributed by atoms with E-state index in [1.54, 1.807) is 16.8 Å². The molecule has 1 amide bonds. The Morgan fingerprint density at radius 2 is 1.81 bits per heavy atom. The number of imidazole rings is 1. The van der Waals surface area contributed by atoms with Gasteiger partial charge in [-0.05, 0) is 51.2 Å². The van der Waals surface area contributed by atoms with Crippen LogP contribution in [-0.2, 0) is 4.74 Å². The first-order chi connectivity index (χ1) is 15.4. The average Bonchev–Trinajstić information content (AvgIpc) is 3.24. The SMILES string of the molecule is [C-]#[N+]c1cc2c(cn1)[nH]c(=O)n2C1CCC(N2C(=O)OC(C)(C)[C@@H]2c2ccccc2)CC1. The second-order valence-corrected chi connectivity index (χ2v) is 9.13. The summed E-state index contributed by atoms with van der Waals surface area (Å²) in [5.41, 5.74) is 1.61. The van der Waals surface area contributed by atoms with Crippen LogP contribution >= 0.6 is 0 Å². The lowest BCUT2D eigenvalue weighted by Gasteiger charge is -2.38. The van der Waals surface area contributed by atoms with E-state index in [1.807, 2.05) is 49.1 Å². The van der Waals surface area contributed by atoms with Gasteiger partial charge in [0.05, 0.1) is 11.6 Å². The van der Waals surface area contributed by atoms with Crippen LogP contribution in [0.2, 0.25) is 0 Å². The predicted octanol–water partition coefficient (Wildman–Crippen LogP) is 4.73. The summed E-state index contributed by atoms with van der Waals surface area (Å²) in [5, 5.41) is 0. The molecule has 0 unspecified atom stereocenters. The van der Waals surface area contributed by atoms with Crippen LogP contribution in [0.15, 0.2) is 47.4 Å². The van der Waals surface area contributed by atoms with Gasteiger partial charge >= 0.3 is 11.8 Å². The van der Waals surface area contributed by atoms with Crippen molar-refractivity contribution < 1.29 is 9.53 Å². The molecule has 0 radical (unpaired) electrons. The monoisotopic (exact) mass is 431 g/mol. The van der Waals surface area contributed by atoms with Crippen molar-refractivity contribution in [2.45, 2.75) is 63.3 Å². The van der Waals surface area contributed by atoms with Crippen LogP contribution < -0.4 is 5.69 Å². The zero-order valence-corrected chi connectivity index (χ0v) is 18.1. The maximum atomic E-state index is 12.9. The Hall–Kier alpha value is -3.60. The van der Waals surface area contributed by atoms with Gasteiger partial charge in [0.2, 0.25) is 0 Å². The largest absolute Gasteiger partial charge is 0.441 e. The molecular weight excluding hydrogens is 406 g/mol. The quantitative estimate of drug-likeness (QED) is 0.608. The number of nitrogens with one attached hydrogen (secondary N) is 1. The molecule has 3 aromatic rings. The molecule has 3 heterocycles. The van der Waals surface area contributed by atoms with Gasteiger partial charge in [0.1, 0.15) is 17.3 Å². The second kappa shape index (κ2) is 7.52. The molecule has 164 valence electrons. The van der Waals surface area contributed by atoms with E-state index >= 15 is 0 Å². The number of pyridine rings is 1. The summed E-state index contributed by atoms with van der Waals surface area (Å²) in [5.74, 6) is 0.270. The molecule has 1 saturated heterocycles. The smallest absolute Gasteiger partial charge is 0.411 e. The Balaban J connectivity index is 1.41. The molecule has 2 aromatic heterocycles. The normalized spacial score (nSPS) is 25.0. The first-order valence-electron chi connectivity index (χ1n) is 10.9. The van der Waals surface area contributed by atoms with Crippen molar-refractivity contribution in [2.24, 2.45) is 0 Å². The number of carbonyl (C=O) groups is 1. The predicted molar refractivity (Wildman–Crippen MR) is 119 cm³/mol. The Morgan fingerprint density at radius 3 is 2.50 bits per heavy atom. The van der Waals surface area contributed by atoms with Crippen LogP contribution in [0.5, 0.6) is 0 Å². The van der Waals surface area contributed by atoms with E-state index < -0.39 is 5.60 Å². The number of ether oxygens (including phenoxy) is 1. The molecule has 32 heavy (non-hydrogen) atoms. The highest BCUT2D eigenvalue weighted by molar-refractivity contribution is 5.77. The number of fused-ring (bicyclic) bond motifs is 1. The maximum absolute atomic E-state index is 12.9. The first-order valence-corrected chi connectivity index (χ1v) is 10.9. The summed E-state index contributed by atoms with van der Waals surface area (Å²) in [6.45, 7) is 11.1. The second-order valence-electron chi connectivity index (χ2n) is 9.13. The number of hydrogen-bond donors (Lipinski definition) is 1. The number of rotatable bonds is 3. The Labute approximate surface area is 185 Å². The standard InChI is InChI=1S/C24H25N5O3/c1-24(2)21(15-7-5-4-6-8-15)29(23(31)32-24)17-11-9-16(10-12-17)28-19-13-20(25-3)26-14-18(19)27-22(28)30/h4-8,13-14,16-17,21H,9-12H2,1-2H3,(H,27,30)/t16?,17?,21-/m0/s1. The summed E-state index contributed by atoms with van der Waals surface area (Å²) in [6.07, 6.45) is 4.35. The Morgan fingerprint density at radius 1 is 1.12 bits per heavy atom. The number of aromatic amines is 1. The number of hydrogen-bond acceptors (Lipinski definition) is 4. The summed E-state index contributed by atoms with van der Waals surface area (Å²) >= 11 is 0. The van der Waals surface area contributed by atoms with E-state index in [4.69, 9.17) is 11.3 Å². The van der Waals surface area contributed by atoms with Crippen LogP contribution in [0.3, 0.4) is 0 Å². The fourth-order valence-electron chi connectivity index (χ4n) is 5.36. The van der Waals surface area contributed by atoms with Gasteiger partial charge in [-0.25, -0.2) is 9.59 Å². The van der Waals surface area contributed by atoms with Gasteiger partial charge in [0.25, 0.3) is 5.82 Å². The van der Waals surface area contributed by atoms with Gasteiger partial charge in [0, 0.05) is 12.1 Å². The van der Waals surface area contributed by atoms with Crippen LogP contribution in [0.1, 0.15) is 57.2 Å². The molecule has 0 bridgehead atoms. The van der Waals surface area contributed by atoms with Gasteiger partial charge < -0.3 is 14.6 Å². The molecule has 0 spiro atoms. The zero-order chi connectivity index (χ0) is 22.5. The molecule has 1 N–H and O–H groups in total. The number of nitrogens with zero attached hydrogens (tertiary/aromatic N) is 4. The van der Waals surface area contributed by atoms with Crippen LogP contribution in [0.4, 0.5) is 10.6 Å². The zero-order valence-electron chi connectivity index (χ0n) is 18.1. The first kappa shape index (κ1) is 20.3. The van der Waals surface area contributed by atoms with E-state index in [2.05, 4.69) is 14.8 Å². The number of amides is 1. The molecule has 5 rings (SSSR count). The topological polar surface area (TPSA) is 84.6 Å². The Kier molecular flexibility index (Phi) is 4.77. The summed E-state index contributed by atoms with van der Waals surface area (Å²) in [4.78, 5) is 37.8. The minimum atomic E-state index is -0.619. The van der Waals surface area contributed by atoms with E-state index in [0.717, 1.165) is 31.2 Å². The van der Waals surface area contributed by atoms with Crippen molar-refractivity contribution in [2.75, 3.05) is 0 Å². The minimum Gasteiger partial charge on any atom is -0.441 e. The van der Waals surface area contributed by atoms with Gasteiger partial charge in [-0.2, -0.15) is 0 Å². The lowest BCUT2D eigenvalue weighted by molar-refractivity contribution is 0.0662. The lowest BCUT2D eigenvalue weighted by atomic mass is 9.86. The molecule has 8 nitrogen and oxygen atoms in total. The summed E-state index contributed by atoms with van der Waals surface area (Å²) in [6, 6.07) is 11.6. The number of aromatic nitrogens is 3. The number of benzene rings is 1. The molecule has 1 aromatic carbocycles. The van der Waals surface area contributed by atoms with Gasteiger partial charge in [-0.3, -0.25) is 9.47 Å². The molecule has 1 saturated carbocycles. The third-order valence-corrected chi connectivity index (χ3v) is 6.74. The van der Waals surface area contributed by atoms with Crippen molar-refractivity contribution in [3.63, 3.8) is 0 Å². The lowest BCUT2D eigenvalue weighted by Crippen LogP contribution is -2.43. The van der Waals surface area contributed by atoms with Gasteiger partial charge in [-0.15, -0.1) is 4.98 Å². The van der Waals surface area contributed by atoms with E-state index in [-0.39, 0.29) is 35.7 Å². The third-order valence-electron chi connectivity index (χ3n) is 6.74. The molecule has 1 atom stereocenters. The number of carbonyl (C=O) groups excluding carboxylic acids is 1. The Bertz CT molecular complexity index is 1260. The minimum absolute atomic E-state index is 0.00953. The van der Waals surface area contributed by atoms with Gasteiger partial charge in [-0.1, -0.05) is 36.9 Å². The third kappa shape index (κ3) is 3.25. The fourth-order valence-corrected chi connectivity index (χ4v) is 5.36. The molecule has 8 heteroatoms.